The molecule has 0 aliphatic carbocycles. The van der Waals surface area contributed by atoms with Crippen LogP contribution in [0.15, 0.2) is 54.6 Å². The van der Waals surface area contributed by atoms with Gasteiger partial charge in [0.15, 0.2) is 0 Å². The van der Waals surface area contributed by atoms with E-state index in [2.05, 4.69) is 36.4 Å². The molecule has 0 saturated carbocycles. The van der Waals surface area contributed by atoms with Gasteiger partial charge in [-0.3, -0.25) is 0 Å². The first-order chi connectivity index (χ1) is 8.88. The van der Waals surface area contributed by atoms with Crippen molar-refractivity contribution in [3.8, 4) is 0 Å². The summed E-state index contributed by atoms with van der Waals surface area (Å²) in [5.74, 6) is 0. The number of benzene rings is 4. The summed E-state index contributed by atoms with van der Waals surface area (Å²) in [6.45, 7) is 0. The Morgan fingerprint density at radius 1 is 0.667 bits per heavy atom. The molecule has 0 heterocycles. The van der Waals surface area contributed by atoms with E-state index in [0.29, 0.717) is 5.69 Å². The number of hydrogen-bond donors (Lipinski definition) is 1. The van der Waals surface area contributed by atoms with Crippen LogP contribution in [0.4, 0.5) is 5.69 Å². The molecule has 0 aliphatic rings. The zero-order chi connectivity index (χ0) is 12.1. The monoisotopic (exact) mass is 232 g/mol. The average molecular weight is 232 g/mol. The summed E-state index contributed by atoms with van der Waals surface area (Å²) in [4.78, 5) is 11.0. The molecule has 0 radical (unpaired) electrons. The van der Waals surface area contributed by atoms with Crippen molar-refractivity contribution >= 4 is 38.0 Å². The first-order valence-electron chi connectivity index (χ1n) is 5.93. The van der Waals surface area contributed by atoms with Crippen LogP contribution in [-0.2, 0) is 0 Å². The van der Waals surface area contributed by atoms with E-state index in [-0.39, 0.29) is 0 Å². The Kier molecular flexibility index (Phi) is 1.73. The Bertz CT molecular complexity index is 880. The lowest BCUT2D eigenvalue weighted by Crippen LogP contribution is -2.55. The molecule has 84 valence electrons. The van der Waals surface area contributed by atoms with E-state index in [1.807, 2.05) is 23.4 Å². The predicted molar refractivity (Wildman–Crippen MR) is 74.1 cm³/mol. The van der Waals surface area contributed by atoms with Gasteiger partial charge in [0.05, 0.1) is 5.39 Å². The molecule has 4 aromatic carbocycles. The lowest BCUT2D eigenvalue weighted by atomic mass is 9.94. The fourth-order valence-electron chi connectivity index (χ4n) is 2.82. The molecule has 0 aliphatic heterocycles. The van der Waals surface area contributed by atoms with E-state index in [4.69, 9.17) is 0 Å². The normalized spacial score (nSPS) is 11.6. The highest BCUT2D eigenvalue weighted by molar-refractivity contribution is 6.24. The molecule has 18 heavy (non-hydrogen) atoms. The standard InChI is InChI=1S/C16H9NO/c18-17-14-9-7-12-5-4-10-2-1-3-11-6-8-13(14)16(12)15(10)11/h1-9H/p+1. The fraction of sp³-hybridized carbons (Fsp3) is 0. The van der Waals surface area contributed by atoms with Crippen molar-refractivity contribution in [1.82, 2.24) is 0 Å². The number of hydrogen-bond acceptors (Lipinski definition) is 1. The first-order valence-corrected chi connectivity index (χ1v) is 5.93. The summed E-state index contributed by atoms with van der Waals surface area (Å²) >= 11 is 0. The van der Waals surface area contributed by atoms with Gasteiger partial charge in [0.25, 0.3) is 5.69 Å². The van der Waals surface area contributed by atoms with E-state index in [1.165, 1.54) is 26.9 Å². The number of nitrogens with one attached hydrogen (secondary N) is 1. The van der Waals surface area contributed by atoms with E-state index in [1.54, 1.807) is 0 Å². The SMILES string of the molecule is O=[NH+]c1ccc2ccc3cccc4ccc1c2c34. The van der Waals surface area contributed by atoms with Crippen molar-refractivity contribution in [3.05, 3.63) is 59.5 Å². The van der Waals surface area contributed by atoms with Gasteiger partial charge < -0.3 is 0 Å². The minimum atomic E-state index is 0.640. The van der Waals surface area contributed by atoms with Crippen LogP contribution in [0.5, 0.6) is 0 Å². The number of nitroso groups, excluding NO2 is 1. The third-order valence-electron chi connectivity index (χ3n) is 3.64. The van der Waals surface area contributed by atoms with Crippen LogP contribution < -0.4 is 5.18 Å². The highest BCUT2D eigenvalue weighted by atomic mass is 16.3. The Labute approximate surface area is 103 Å². The summed E-state index contributed by atoms with van der Waals surface area (Å²) in [5.41, 5.74) is 0.640. The maximum absolute atomic E-state index is 11.0. The molecule has 0 unspecified atom stereocenters. The summed E-state index contributed by atoms with van der Waals surface area (Å²) in [7, 11) is 0. The molecule has 0 atom stereocenters. The Morgan fingerprint density at radius 2 is 1.28 bits per heavy atom. The molecule has 0 aromatic heterocycles. The second-order valence-electron chi connectivity index (χ2n) is 4.57. The van der Waals surface area contributed by atoms with Crippen molar-refractivity contribution < 1.29 is 5.18 Å². The molecule has 0 bridgehead atoms. The molecule has 0 fully saturated rings. The van der Waals surface area contributed by atoms with Gasteiger partial charge in [0.2, 0.25) is 0 Å². The Morgan fingerprint density at radius 3 is 2.00 bits per heavy atom. The van der Waals surface area contributed by atoms with Crippen LogP contribution in [0.3, 0.4) is 0 Å². The number of rotatable bonds is 1. The Hall–Kier alpha value is -2.48. The van der Waals surface area contributed by atoms with Gasteiger partial charge in [-0.15, -0.1) is 0 Å². The van der Waals surface area contributed by atoms with Gasteiger partial charge in [-0.2, -0.15) is 0 Å². The summed E-state index contributed by atoms with van der Waals surface area (Å²) in [5, 5.41) is 9.04. The highest BCUT2D eigenvalue weighted by Crippen LogP contribution is 2.36. The van der Waals surface area contributed by atoms with Gasteiger partial charge in [-0.25, -0.2) is 0 Å². The molecular weight excluding hydrogens is 222 g/mol. The Balaban J connectivity index is 2.43. The van der Waals surface area contributed by atoms with Gasteiger partial charge in [-0.1, -0.05) is 36.4 Å². The van der Waals surface area contributed by atoms with Crippen LogP contribution in [0.25, 0.3) is 32.3 Å². The quantitative estimate of drug-likeness (QED) is 0.502. The lowest BCUT2D eigenvalue weighted by molar-refractivity contribution is -0.377. The van der Waals surface area contributed by atoms with Crippen molar-refractivity contribution in [1.29, 1.82) is 0 Å². The maximum Gasteiger partial charge on any atom is 0.261 e. The van der Waals surface area contributed by atoms with E-state index < -0.39 is 0 Å². The molecule has 0 amide bonds. The molecule has 0 spiro atoms. The van der Waals surface area contributed by atoms with E-state index >= 15 is 0 Å². The molecule has 2 nitrogen and oxygen atoms in total. The molecular formula is C16H10NO+. The van der Waals surface area contributed by atoms with Gasteiger partial charge in [-0.05, 0) is 33.7 Å². The van der Waals surface area contributed by atoms with Gasteiger partial charge in [0.1, 0.15) is 0 Å². The molecule has 2 heteroatoms. The molecule has 4 rings (SSSR count). The van der Waals surface area contributed by atoms with Gasteiger partial charge in [0, 0.05) is 21.5 Å². The fourth-order valence-corrected chi connectivity index (χ4v) is 2.82. The van der Waals surface area contributed by atoms with Crippen molar-refractivity contribution in [2.24, 2.45) is 0 Å². The zero-order valence-corrected chi connectivity index (χ0v) is 9.60. The largest absolute Gasteiger partial charge is 0.261 e. The van der Waals surface area contributed by atoms with Crippen LogP contribution in [0.2, 0.25) is 0 Å². The molecule has 0 saturated heterocycles. The molecule has 4 aromatic rings. The van der Waals surface area contributed by atoms with Gasteiger partial charge >= 0.3 is 0 Å². The second kappa shape index (κ2) is 3.26. The van der Waals surface area contributed by atoms with Crippen molar-refractivity contribution in [2.45, 2.75) is 0 Å². The third kappa shape index (κ3) is 1.07. The minimum Gasteiger partial charge on any atom is -0.0610 e. The van der Waals surface area contributed by atoms with E-state index in [9.17, 15) is 4.91 Å². The van der Waals surface area contributed by atoms with Crippen LogP contribution in [0, 0.1) is 4.91 Å². The predicted octanol–water partition coefficient (Wildman–Crippen LogP) is 3.06. The second-order valence-corrected chi connectivity index (χ2v) is 4.57. The van der Waals surface area contributed by atoms with Crippen LogP contribution in [0.1, 0.15) is 0 Å². The van der Waals surface area contributed by atoms with Crippen molar-refractivity contribution in [2.75, 3.05) is 0 Å². The summed E-state index contributed by atoms with van der Waals surface area (Å²) in [6, 6.07) is 18.5. The minimum absolute atomic E-state index is 0.640. The maximum atomic E-state index is 11.0. The van der Waals surface area contributed by atoms with Crippen LogP contribution in [-0.4, -0.2) is 0 Å². The summed E-state index contributed by atoms with van der Waals surface area (Å²) < 4.78 is 0. The van der Waals surface area contributed by atoms with Crippen LogP contribution >= 0.6 is 0 Å². The topological polar surface area (TPSA) is 31.0 Å². The molecule has 1 N–H and O–H groups in total. The lowest BCUT2D eigenvalue weighted by Gasteiger charge is -2.09. The summed E-state index contributed by atoms with van der Waals surface area (Å²) in [6.07, 6.45) is 0. The average Bonchev–Trinajstić information content (AvgIpc) is 2.44. The first kappa shape index (κ1) is 9.54. The highest BCUT2D eigenvalue weighted by Gasteiger charge is 2.13. The zero-order valence-electron chi connectivity index (χ0n) is 9.60. The van der Waals surface area contributed by atoms with Crippen molar-refractivity contribution in [3.63, 3.8) is 0 Å². The van der Waals surface area contributed by atoms with E-state index in [0.717, 1.165) is 5.39 Å². The third-order valence-corrected chi connectivity index (χ3v) is 3.64. The smallest absolute Gasteiger partial charge is 0.0610 e.